The lowest BCUT2D eigenvalue weighted by Crippen LogP contribution is -2.54. The molecule has 0 saturated carbocycles. The van der Waals surface area contributed by atoms with E-state index in [-0.39, 0.29) is 11.6 Å². The van der Waals surface area contributed by atoms with Gasteiger partial charge in [0, 0.05) is 26.2 Å². The Bertz CT molecular complexity index is 898. The van der Waals surface area contributed by atoms with Crippen molar-refractivity contribution in [2.45, 2.75) is 24.8 Å². The largest absolute Gasteiger partial charge is 0.331 e. The number of halogens is 2. The van der Waals surface area contributed by atoms with Crippen molar-refractivity contribution in [1.29, 1.82) is 0 Å². The first-order chi connectivity index (χ1) is 13.9. The molecule has 154 valence electrons. The van der Waals surface area contributed by atoms with Crippen LogP contribution in [0.5, 0.6) is 0 Å². The Kier molecular flexibility index (Phi) is 6.33. The van der Waals surface area contributed by atoms with E-state index in [1.165, 1.54) is 6.07 Å². The van der Waals surface area contributed by atoms with Gasteiger partial charge in [0.15, 0.2) is 0 Å². The van der Waals surface area contributed by atoms with Gasteiger partial charge in [-0.25, -0.2) is 13.6 Å². The van der Waals surface area contributed by atoms with E-state index < -0.39 is 17.2 Å². The van der Waals surface area contributed by atoms with Gasteiger partial charge in [0.2, 0.25) is 0 Å². The summed E-state index contributed by atoms with van der Waals surface area (Å²) >= 11 is 0. The van der Waals surface area contributed by atoms with Gasteiger partial charge in [-0.15, -0.1) is 0 Å². The minimum atomic E-state index is -0.783. The smallest absolute Gasteiger partial charge is 0.320 e. The number of hydrogen-bond acceptors (Lipinski definition) is 2. The molecule has 0 radical (unpaired) electrons. The maximum absolute atomic E-state index is 14.5. The predicted octanol–water partition coefficient (Wildman–Crippen LogP) is 4.37. The molecule has 4 nitrogen and oxygen atoms in total. The van der Waals surface area contributed by atoms with Crippen molar-refractivity contribution in [3.63, 3.8) is 0 Å². The monoisotopic (exact) mass is 399 g/mol. The molecule has 0 bridgehead atoms. The highest BCUT2D eigenvalue weighted by Gasteiger charge is 2.42. The van der Waals surface area contributed by atoms with Crippen molar-refractivity contribution < 1.29 is 13.6 Å². The van der Waals surface area contributed by atoms with Crippen molar-refractivity contribution in [2.24, 2.45) is 5.73 Å². The zero-order valence-corrected chi connectivity index (χ0v) is 16.9. The van der Waals surface area contributed by atoms with Crippen LogP contribution in [0.1, 0.15) is 30.4 Å². The van der Waals surface area contributed by atoms with Crippen LogP contribution in [0, 0.1) is 11.6 Å². The van der Waals surface area contributed by atoms with E-state index in [9.17, 15) is 13.6 Å². The van der Waals surface area contributed by atoms with Gasteiger partial charge in [-0.1, -0.05) is 36.4 Å². The molecule has 0 spiro atoms. The maximum Gasteiger partial charge on any atom is 0.320 e. The van der Waals surface area contributed by atoms with Crippen LogP contribution in [0.15, 0.2) is 54.6 Å². The minimum Gasteiger partial charge on any atom is -0.331 e. The molecule has 2 amide bonds. The molecule has 0 aliphatic carbocycles. The lowest BCUT2D eigenvalue weighted by atomic mass is 9.78. The second-order valence-corrected chi connectivity index (χ2v) is 7.55. The maximum atomic E-state index is 14.5. The summed E-state index contributed by atoms with van der Waals surface area (Å²) in [5.41, 5.74) is 6.90. The summed E-state index contributed by atoms with van der Waals surface area (Å²) in [5, 5.41) is 0. The fourth-order valence-corrected chi connectivity index (χ4v) is 4.02. The number of urea groups is 1. The molecule has 3 rings (SSSR count). The van der Waals surface area contributed by atoms with E-state index in [0.717, 1.165) is 17.7 Å². The van der Waals surface area contributed by atoms with E-state index in [0.29, 0.717) is 37.9 Å². The molecule has 1 atom stereocenters. The summed E-state index contributed by atoms with van der Waals surface area (Å²) in [7, 11) is 3.43. The summed E-state index contributed by atoms with van der Waals surface area (Å²) in [6.07, 6.45) is 3.65. The van der Waals surface area contributed by atoms with Gasteiger partial charge in [0.25, 0.3) is 0 Å². The molecule has 6 heteroatoms. The highest BCUT2D eigenvalue weighted by Crippen LogP contribution is 2.43. The van der Waals surface area contributed by atoms with Crippen molar-refractivity contribution >= 4 is 11.6 Å². The summed E-state index contributed by atoms with van der Waals surface area (Å²) < 4.78 is 28.4. The van der Waals surface area contributed by atoms with Gasteiger partial charge < -0.3 is 15.5 Å². The summed E-state index contributed by atoms with van der Waals surface area (Å²) in [6.45, 7) is 0.869. The van der Waals surface area contributed by atoms with E-state index in [4.69, 9.17) is 5.73 Å². The number of hydrogen-bond donors (Lipinski definition) is 1. The number of nitrogens with zero attached hydrogens (tertiary/aromatic N) is 2. The van der Waals surface area contributed by atoms with Crippen LogP contribution in [0.3, 0.4) is 0 Å². The van der Waals surface area contributed by atoms with E-state index in [2.05, 4.69) is 0 Å². The highest BCUT2D eigenvalue weighted by atomic mass is 19.1. The minimum absolute atomic E-state index is 0.124. The Morgan fingerprint density at radius 1 is 1.17 bits per heavy atom. The zero-order valence-electron chi connectivity index (χ0n) is 16.9. The molecule has 1 unspecified atom stereocenters. The lowest BCUT2D eigenvalue weighted by molar-refractivity contribution is 0.109. The third-order valence-corrected chi connectivity index (χ3v) is 5.42. The summed E-state index contributed by atoms with van der Waals surface area (Å²) in [4.78, 5) is 16.4. The van der Waals surface area contributed by atoms with Crippen LogP contribution in [-0.4, -0.2) is 43.0 Å². The van der Waals surface area contributed by atoms with Gasteiger partial charge in [0.1, 0.15) is 11.6 Å². The summed E-state index contributed by atoms with van der Waals surface area (Å²) in [6, 6.07) is 13.0. The lowest BCUT2D eigenvalue weighted by Gasteiger charge is -2.47. The third kappa shape index (κ3) is 4.17. The Morgan fingerprint density at radius 2 is 1.90 bits per heavy atom. The molecule has 1 heterocycles. The van der Waals surface area contributed by atoms with E-state index in [1.54, 1.807) is 19.0 Å². The van der Waals surface area contributed by atoms with Crippen LogP contribution < -0.4 is 5.73 Å². The zero-order chi connectivity index (χ0) is 21.0. The molecular weight excluding hydrogens is 372 g/mol. The van der Waals surface area contributed by atoms with Gasteiger partial charge in [-0.05, 0) is 55.1 Å². The molecule has 2 aromatic carbocycles. The Labute approximate surface area is 170 Å². The average Bonchev–Trinajstić information content (AvgIpc) is 2.73. The van der Waals surface area contributed by atoms with Crippen LogP contribution >= 0.6 is 0 Å². The van der Waals surface area contributed by atoms with Gasteiger partial charge in [0.05, 0.1) is 5.54 Å². The number of amides is 2. The summed E-state index contributed by atoms with van der Waals surface area (Å²) in [5.74, 6) is -0.952. The highest BCUT2D eigenvalue weighted by molar-refractivity contribution is 5.79. The van der Waals surface area contributed by atoms with Crippen molar-refractivity contribution in [3.8, 4) is 0 Å². The van der Waals surface area contributed by atoms with E-state index in [1.807, 2.05) is 41.3 Å². The Hall–Kier alpha value is -2.73. The molecule has 29 heavy (non-hydrogen) atoms. The normalized spacial score (nSPS) is 19.1. The van der Waals surface area contributed by atoms with Crippen molar-refractivity contribution in [3.05, 3.63) is 77.4 Å². The van der Waals surface area contributed by atoms with Crippen LogP contribution in [-0.2, 0) is 5.54 Å². The third-order valence-electron chi connectivity index (χ3n) is 5.42. The van der Waals surface area contributed by atoms with Crippen LogP contribution in [0.2, 0.25) is 0 Å². The molecule has 1 aliphatic rings. The molecule has 0 saturated heterocycles. The number of nitrogens with two attached hydrogens (primary N) is 1. The molecule has 2 N–H and O–H groups in total. The quantitative estimate of drug-likeness (QED) is 0.812. The van der Waals surface area contributed by atoms with E-state index >= 15 is 0 Å². The first kappa shape index (κ1) is 21.0. The molecule has 0 fully saturated rings. The topological polar surface area (TPSA) is 49.6 Å². The number of benzene rings is 2. The number of carbonyl (C=O) groups is 1. The Morgan fingerprint density at radius 3 is 2.55 bits per heavy atom. The Balaban J connectivity index is 2.22. The molecule has 1 aliphatic heterocycles. The predicted molar refractivity (Wildman–Crippen MR) is 111 cm³/mol. The van der Waals surface area contributed by atoms with Crippen LogP contribution in [0.25, 0.3) is 5.57 Å². The second-order valence-electron chi connectivity index (χ2n) is 7.55. The molecular formula is C23H27F2N3O. The van der Waals surface area contributed by atoms with Crippen molar-refractivity contribution in [1.82, 2.24) is 9.80 Å². The average molecular weight is 399 g/mol. The van der Waals surface area contributed by atoms with Gasteiger partial charge >= 0.3 is 6.03 Å². The van der Waals surface area contributed by atoms with Crippen LogP contribution in [0.4, 0.5) is 13.6 Å². The first-order valence-electron chi connectivity index (χ1n) is 9.80. The second kappa shape index (κ2) is 8.74. The number of carbonyl (C=O) groups excluding carboxylic acids is 1. The van der Waals surface area contributed by atoms with Gasteiger partial charge in [-0.3, -0.25) is 0 Å². The molecule has 2 aromatic rings. The standard InChI is InChI=1S/C23H27F2N3O/c1-27(2)22(29)28-14-11-17(20-15-19(24)9-10-21(20)25)16-23(28,12-6-13-26)18-7-4-3-5-8-18/h3-5,7-10,15-16H,6,11-14,26H2,1-2H3. The fraction of sp³-hybridized carbons (Fsp3) is 0.348. The number of rotatable bonds is 5. The van der Waals surface area contributed by atoms with Crippen molar-refractivity contribution in [2.75, 3.05) is 27.2 Å². The SMILES string of the molecule is CN(C)C(=O)N1CCC(c2cc(F)ccc2F)=CC1(CCCN)c1ccccc1. The first-order valence-corrected chi connectivity index (χ1v) is 9.80. The molecule has 0 aromatic heterocycles. The fourth-order valence-electron chi connectivity index (χ4n) is 4.02. The van der Waals surface area contributed by atoms with Gasteiger partial charge in [-0.2, -0.15) is 0 Å².